The second-order valence-electron chi connectivity index (χ2n) is 4.93. The minimum Gasteiger partial charge on any atom is -0.282 e. The SMILES string of the molecule is CCN(CC)P(Cc1ccccc1)Cc1ccccc1.S. The predicted octanol–water partition coefficient (Wildman–Crippen LogP) is 5.24. The average Bonchev–Trinajstić information content (AvgIpc) is 2.50. The van der Waals surface area contributed by atoms with E-state index in [0.29, 0.717) is 0 Å². The summed E-state index contributed by atoms with van der Waals surface area (Å²) in [7, 11) is -0.144. The first-order valence-electron chi connectivity index (χ1n) is 7.41. The molecule has 2 rings (SSSR count). The first-order chi connectivity index (χ1) is 9.83. The molecule has 2 aromatic carbocycles. The Morgan fingerprint density at radius 1 is 0.714 bits per heavy atom. The van der Waals surface area contributed by atoms with Crippen LogP contribution in [0, 0.1) is 0 Å². The molecule has 3 heteroatoms. The first kappa shape index (κ1) is 18.2. The van der Waals surface area contributed by atoms with Crippen LogP contribution in [-0.4, -0.2) is 17.8 Å². The van der Waals surface area contributed by atoms with Gasteiger partial charge in [-0.2, -0.15) is 13.5 Å². The monoisotopic (exact) mass is 319 g/mol. The van der Waals surface area contributed by atoms with Crippen LogP contribution in [0.3, 0.4) is 0 Å². The van der Waals surface area contributed by atoms with Crippen LogP contribution in [0.15, 0.2) is 60.7 Å². The standard InChI is InChI=1S/C18H24NP.H2S/c1-3-19(4-2)20(15-17-11-7-5-8-12-17)16-18-13-9-6-10-14-18;/h5-14H,3-4,15-16H2,1-2H3;1H2. The minimum atomic E-state index is -0.144. The largest absolute Gasteiger partial charge is 0.282 e. The van der Waals surface area contributed by atoms with E-state index in [2.05, 4.69) is 79.2 Å². The summed E-state index contributed by atoms with van der Waals surface area (Å²) >= 11 is 0. The van der Waals surface area contributed by atoms with Gasteiger partial charge in [0.25, 0.3) is 0 Å². The lowest BCUT2D eigenvalue weighted by Gasteiger charge is -2.30. The van der Waals surface area contributed by atoms with Gasteiger partial charge in [-0.05, 0) is 32.3 Å². The summed E-state index contributed by atoms with van der Waals surface area (Å²) in [6, 6.07) is 21.8. The van der Waals surface area contributed by atoms with E-state index in [1.807, 2.05) is 0 Å². The van der Waals surface area contributed by atoms with Gasteiger partial charge >= 0.3 is 0 Å². The fourth-order valence-electron chi connectivity index (χ4n) is 2.47. The summed E-state index contributed by atoms with van der Waals surface area (Å²) in [4.78, 5) is 0. The molecule has 0 bridgehead atoms. The van der Waals surface area contributed by atoms with E-state index in [-0.39, 0.29) is 21.6 Å². The van der Waals surface area contributed by atoms with Gasteiger partial charge < -0.3 is 0 Å². The predicted molar refractivity (Wildman–Crippen MR) is 101 cm³/mol. The molecular weight excluding hydrogens is 293 g/mol. The fraction of sp³-hybridized carbons (Fsp3) is 0.333. The fourth-order valence-corrected chi connectivity index (χ4v) is 5.04. The highest BCUT2D eigenvalue weighted by Crippen LogP contribution is 2.46. The first-order valence-corrected chi connectivity index (χ1v) is 9.07. The molecule has 0 spiro atoms. The molecule has 0 aliphatic rings. The molecule has 1 nitrogen and oxygen atoms in total. The summed E-state index contributed by atoms with van der Waals surface area (Å²) in [6.07, 6.45) is 2.37. The van der Waals surface area contributed by atoms with Crippen molar-refractivity contribution < 1.29 is 0 Å². The third kappa shape index (κ3) is 5.82. The van der Waals surface area contributed by atoms with Crippen LogP contribution in [0.1, 0.15) is 25.0 Å². The van der Waals surface area contributed by atoms with Gasteiger partial charge in [0, 0.05) is 12.3 Å². The average molecular weight is 319 g/mol. The summed E-state index contributed by atoms with van der Waals surface area (Å²) in [6.45, 7) is 6.83. The number of rotatable bonds is 7. The van der Waals surface area contributed by atoms with Crippen molar-refractivity contribution in [3.05, 3.63) is 71.8 Å². The zero-order chi connectivity index (χ0) is 14.2. The third-order valence-electron chi connectivity index (χ3n) is 3.55. The molecular formula is C18H26NPS. The van der Waals surface area contributed by atoms with Gasteiger partial charge in [-0.25, -0.2) is 0 Å². The van der Waals surface area contributed by atoms with Gasteiger partial charge in [0.15, 0.2) is 0 Å². The maximum Gasteiger partial charge on any atom is 0.00629 e. The molecule has 0 radical (unpaired) electrons. The van der Waals surface area contributed by atoms with Crippen molar-refractivity contribution in [3.63, 3.8) is 0 Å². The van der Waals surface area contributed by atoms with Crippen LogP contribution in [0.5, 0.6) is 0 Å². The molecule has 0 aromatic heterocycles. The van der Waals surface area contributed by atoms with Crippen molar-refractivity contribution in [1.82, 2.24) is 4.67 Å². The van der Waals surface area contributed by atoms with E-state index in [9.17, 15) is 0 Å². The lowest BCUT2D eigenvalue weighted by molar-refractivity contribution is 0.503. The van der Waals surface area contributed by atoms with E-state index in [4.69, 9.17) is 0 Å². The Hall–Kier alpha value is -0.820. The zero-order valence-corrected chi connectivity index (χ0v) is 14.9. The Bertz CT molecular complexity index is 444. The van der Waals surface area contributed by atoms with Gasteiger partial charge in [-0.1, -0.05) is 74.5 Å². The molecule has 0 aliphatic heterocycles. The van der Waals surface area contributed by atoms with Gasteiger partial charge in [0.05, 0.1) is 0 Å². The molecule has 0 fully saturated rings. The molecule has 21 heavy (non-hydrogen) atoms. The van der Waals surface area contributed by atoms with Crippen LogP contribution in [0.25, 0.3) is 0 Å². The van der Waals surface area contributed by atoms with E-state index in [0.717, 1.165) is 13.1 Å². The second-order valence-corrected chi connectivity index (χ2v) is 7.14. The Morgan fingerprint density at radius 3 is 1.43 bits per heavy atom. The summed E-state index contributed by atoms with van der Waals surface area (Å²) in [5, 5.41) is 0. The quantitative estimate of drug-likeness (QED) is 0.631. The molecule has 0 saturated carbocycles. The Kier molecular flexibility index (Phi) is 8.68. The summed E-state index contributed by atoms with van der Waals surface area (Å²) in [5.41, 5.74) is 2.92. The third-order valence-corrected chi connectivity index (χ3v) is 6.37. The van der Waals surface area contributed by atoms with Crippen molar-refractivity contribution in [3.8, 4) is 0 Å². The van der Waals surface area contributed by atoms with Crippen LogP contribution >= 0.6 is 21.6 Å². The Balaban J connectivity index is 0.00000220. The minimum absolute atomic E-state index is 0. The highest BCUT2D eigenvalue weighted by molar-refractivity contribution is 7.59. The topological polar surface area (TPSA) is 3.24 Å². The lowest BCUT2D eigenvalue weighted by Crippen LogP contribution is -2.18. The van der Waals surface area contributed by atoms with Crippen molar-refractivity contribution in [2.75, 3.05) is 13.1 Å². The van der Waals surface area contributed by atoms with Gasteiger partial charge in [-0.15, -0.1) is 0 Å². The van der Waals surface area contributed by atoms with Crippen molar-refractivity contribution in [2.24, 2.45) is 0 Å². The normalized spacial score (nSPS) is 10.7. The Morgan fingerprint density at radius 2 is 1.10 bits per heavy atom. The van der Waals surface area contributed by atoms with E-state index < -0.39 is 0 Å². The summed E-state index contributed by atoms with van der Waals surface area (Å²) in [5.74, 6) is 0. The zero-order valence-electron chi connectivity index (χ0n) is 13.0. The van der Waals surface area contributed by atoms with Crippen LogP contribution in [-0.2, 0) is 12.3 Å². The van der Waals surface area contributed by atoms with Gasteiger partial charge in [0.1, 0.15) is 0 Å². The molecule has 0 N–H and O–H groups in total. The molecule has 0 aliphatic carbocycles. The maximum absolute atomic E-state index is 2.63. The highest BCUT2D eigenvalue weighted by atomic mass is 32.1. The molecule has 0 heterocycles. The molecule has 0 saturated heterocycles. The van der Waals surface area contributed by atoms with E-state index >= 15 is 0 Å². The lowest BCUT2D eigenvalue weighted by atomic mass is 10.2. The maximum atomic E-state index is 2.63. The van der Waals surface area contributed by atoms with Crippen LogP contribution < -0.4 is 0 Å². The van der Waals surface area contributed by atoms with E-state index in [1.54, 1.807) is 0 Å². The van der Waals surface area contributed by atoms with Gasteiger partial charge in [-0.3, -0.25) is 4.67 Å². The second kappa shape index (κ2) is 10.00. The van der Waals surface area contributed by atoms with Crippen LogP contribution in [0.2, 0.25) is 0 Å². The molecule has 0 atom stereocenters. The summed E-state index contributed by atoms with van der Waals surface area (Å²) < 4.78 is 2.63. The molecule has 2 aromatic rings. The van der Waals surface area contributed by atoms with Gasteiger partial charge in [0.2, 0.25) is 0 Å². The van der Waals surface area contributed by atoms with Crippen molar-refractivity contribution in [1.29, 1.82) is 0 Å². The molecule has 114 valence electrons. The van der Waals surface area contributed by atoms with Crippen molar-refractivity contribution >= 4 is 21.6 Å². The number of hydrogen-bond donors (Lipinski definition) is 0. The number of benzene rings is 2. The molecule has 0 unspecified atom stereocenters. The number of hydrogen-bond acceptors (Lipinski definition) is 1. The molecule has 0 amide bonds. The van der Waals surface area contributed by atoms with Crippen molar-refractivity contribution in [2.45, 2.75) is 26.2 Å². The number of nitrogens with zero attached hydrogens (tertiary/aromatic N) is 1. The smallest absolute Gasteiger partial charge is 0.00629 e. The Labute approximate surface area is 137 Å². The highest BCUT2D eigenvalue weighted by Gasteiger charge is 2.16. The van der Waals surface area contributed by atoms with Crippen LogP contribution in [0.4, 0.5) is 0 Å². The van der Waals surface area contributed by atoms with E-state index in [1.165, 1.54) is 23.5 Å².